The van der Waals surface area contributed by atoms with Crippen LogP contribution in [0.3, 0.4) is 0 Å². The monoisotopic (exact) mass is 330 g/mol. The van der Waals surface area contributed by atoms with Gasteiger partial charge in [-0.3, -0.25) is 0 Å². The molecule has 0 atom stereocenters. The van der Waals surface area contributed by atoms with E-state index in [1.807, 2.05) is 54.6 Å². The fourth-order valence-corrected chi connectivity index (χ4v) is 2.83. The molecule has 4 rings (SSSR count). The third-order valence-electron chi connectivity index (χ3n) is 4.13. The molecular weight excluding hydrogens is 312 g/mol. The SMILES string of the molecule is Oc1c(OCCc2ccccc2)cccc1-c1nc2ccccc2[nH]1. The Morgan fingerprint density at radius 1 is 0.880 bits per heavy atom. The average Bonchev–Trinajstić information content (AvgIpc) is 3.08. The van der Waals surface area contributed by atoms with E-state index in [0.717, 1.165) is 17.5 Å². The molecule has 1 aromatic heterocycles. The Kier molecular flexibility index (Phi) is 4.09. The van der Waals surface area contributed by atoms with Gasteiger partial charge < -0.3 is 14.8 Å². The molecule has 4 aromatic rings. The number of aromatic hydroxyl groups is 1. The molecule has 0 aliphatic heterocycles. The van der Waals surface area contributed by atoms with Gasteiger partial charge in [0.25, 0.3) is 0 Å². The van der Waals surface area contributed by atoms with Crippen molar-refractivity contribution in [2.24, 2.45) is 0 Å². The standard InChI is InChI=1S/C21H18N2O2/c24-20-16(21-22-17-10-4-5-11-18(17)23-21)9-6-12-19(20)25-14-13-15-7-2-1-3-8-15/h1-12,24H,13-14H2,(H,22,23). The van der Waals surface area contributed by atoms with Gasteiger partial charge in [0.2, 0.25) is 0 Å². The van der Waals surface area contributed by atoms with E-state index in [2.05, 4.69) is 22.1 Å². The van der Waals surface area contributed by atoms with Crippen molar-refractivity contribution >= 4 is 11.0 Å². The first kappa shape index (κ1) is 15.3. The summed E-state index contributed by atoms with van der Waals surface area (Å²) in [6, 6.07) is 23.4. The number of aromatic nitrogens is 2. The highest BCUT2D eigenvalue weighted by Gasteiger charge is 2.13. The number of phenolic OH excluding ortho intramolecular Hbond substituents is 1. The minimum absolute atomic E-state index is 0.106. The number of nitrogens with one attached hydrogen (secondary N) is 1. The van der Waals surface area contributed by atoms with Crippen LogP contribution in [0.25, 0.3) is 22.4 Å². The van der Waals surface area contributed by atoms with Crippen molar-refractivity contribution in [3.05, 3.63) is 78.4 Å². The number of phenols is 1. The molecule has 25 heavy (non-hydrogen) atoms. The smallest absolute Gasteiger partial charge is 0.168 e. The number of H-pyrrole nitrogens is 1. The topological polar surface area (TPSA) is 58.1 Å². The van der Waals surface area contributed by atoms with Crippen LogP contribution in [0.5, 0.6) is 11.5 Å². The van der Waals surface area contributed by atoms with Crippen LogP contribution in [0.1, 0.15) is 5.56 Å². The Bertz CT molecular complexity index is 960. The van der Waals surface area contributed by atoms with E-state index >= 15 is 0 Å². The summed E-state index contributed by atoms with van der Waals surface area (Å²) < 4.78 is 5.79. The van der Waals surface area contributed by atoms with Crippen LogP contribution in [0.4, 0.5) is 0 Å². The van der Waals surface area contributed by atoms with Crippen molar-refractivity contribution in [2.45, 2.75) is 6.42 Å². The predicted octanol–water partition coefficient (Wildman–Crippen LogP) is 4.56. The average molecular weight is 330 g/mol. The molecule has 0 aliphatic rings. The van der Waals surface area contributed by atoms with Crippen molar-refractivity contribution in [1.29, 1.82) is 0 Å². The van der Waals surface area contributed by atoms with Crippen LogP contribution in [0.15, 0.2) is 72.8 Å². The van der Waals surface area contributed by atoms with Crippen LogP contribution in [-0.4, -0.2) is 21.7 Å². The summed E-state index contributed by atoms with van der Waals surface area (Å²) in [4.78, 5) is 7.78. The van der Waals surface area contributed by atoms with Crippen molar-refractivity contribution in [3.8, 4) is 22.9 Å². The number of aromatic amines is 1. The van der Waals surface area contributed by atoms with E-state index in [1.165, 1.54) is 5.56 Å². The second-order valence-electron chi connectivity index (χ2n) is 5.84. The highest BCUT2D eigenvalue weighted by Crippen LogP contribution is 2.36. The van der Waals surface area contributed by atoms with Crippen molar-refractivity contribution in [1.82, 2.24) is 9.97 Å². The minimum atomic E-state index is 0.106. The number of ether oxygens (including phenoxy) is 1. The van der Waals surface area contributed by atoms with Crippen molar-refractivity contribution in [2.75, 3.05) is 6.61 Å². The van der Waals surface area contributed by atoms with Gasteiger partial charge in [-0.2, -0.15) is 0 Å². The maximum absolute atomic E-state index is 10.6. The second-order valence-corrected chi connectivity index (χ2v) is 5.84. The van der Waals surface area contributed by atoms with Crippen molar-refractivity contribution in [3.63, 3.8) is 0 Å². The first-order valence-electron chi connectivity index (χ1n) is 8.25. The van der Waals surface area contributed by atoms with Crippen LogP contribution in [-0.2, 0) is 6.42 Å². The second kappa shape index (κ2) is 6.69. The summed E-state index contributed by atoms with van der Waals surface area (Å²) in [5, 5.41) is 10.6. The summed E-state index contributed by atoms with van der Waals surface area (Å²) in [5.41, 5.74) is 3.64. The summed E-state index contributed by atoms with van der Waals surface area (Å²) in [7, 11) is 0. The number of nitrogens with zero attached hydrogens (tertiary/aromatic N) is 1. The van der Waals surface area contributed by atoms with Gasteiger partial charge in [0.1, 0.15) is 5.82 Å². The van der Waals surface area contributed by atoms with E-state index in [1.54, 1.807) is 6.07 Å². The number of para-hydroxylation sites is 3. The minimum Gasteiger partial charge on any atom is -0.504 e. The molecule has 0 bridgehead atoms. The fraction of sp³-hybridized carbons (Fsp3) is 0.0952. The Labute approximate surface area is 145 Å². The molecule has 124 valence electrons. The first-order valence-corrected chi connectivity index (χ1v) is 8.25. The van der Waals surface area contributed by atoms with E-state index in [-0.39, 0.29) is 5.75 Å². The van der Waals surface area contributed by atoms with E-state index in [4.69, 9.17) is 4.74 Å². The fourth-order valence-electron chi connectivity index (χ4n) is 2.83. The molecule has 1 heterocycles. The maximum atomic E-state index is 10.6. The largest absolute Gasteiger partial charge is 0.504 e. The Morgan fingerprint density at radius 2 is 1.68 bits per heavy atom. The number of fused-ring (bicyclic) bond motifs is 1. The van der Waals surface area contributed by atoms with E-state index in [0.29, 0.717) is 23.7 Å². The van der Waals surface area contributed by atoms with Gasteiger partial charge in [0.15, 0.2) is 11.5 Å². The van der Waals surface area contributed by atoms with Crippen LogP contribution < -0.4 is 4.74 Å². The zero-order valence-electron chi connectivity index (χ0n) is 13.6. The molecule has 0 aliphatic carbocycles. The molecule has 0 radical (unpaired) electrons. The number of imidazole rings is 1. The molecule has 4 nitrogen and oxygen atoms in total. The highest BCUT2D eigenvalue weighted by molar-refractivity contribution is 5.81. The van der Waals surface area contributed by atoms with E-state index < -0.39 is 0 Å². The normalized spacial score (nSPS) is 10.9. The van der Waals surface area contributed by atoms with Gasteiger partial charge in [-0.1, -0.05) is 48.5 Å². The van der Waals surface area contributed by atoms with Gasteiger partial charge in [-0.05, 0) is 29.8 Å². The number of benzene rings is 3. The number of hydrogen-bond donors (Lipinski definition) is 2. The predicted molar refractivity (Wildman–Crippen MR) is 98.8 cm³/mol. The lowest BCUT2D eigenvalue weighted by Crippen LogP contribution is -2.01. The summed E-state index contributed by atoms with van der Waals surface area (Å²) in [6.07, 6.45) is 0.787. The van der Waals surface area contributed by atoms with Gasteiger partial charge in [0, 0.05) is 6.42 Å². The molecular formula is C21H18N2O2. The molecule has 2 N–H and O–H groups in total. The molecule has 0 fully saturated rings. The van der Waals surface area contributed by atoms with Crippen LogP contribution in [0.2, 0.25) is 0 Å². The zero-order valence-corrected chi connectivity index (χ0v) is 13.6. The van der Waals surface area contributed by atoms with Crippen LogP contribution in [0, 0.1) is 0 Å². The molecule has 0 saturated heterocycles. The first-order chi connectivity index (χ1) is 12.3. The molecule has 0 amide bonds. The summed E-state index contributed by atoms with van der Waals surface area (Å²) >= 11 is 0. The molecule has 4 heteroatoms. The van der Waals surface area contributed by atoms with Gasteiger partial charge in [0.05, 0.1) is 23.2 Å². The third-order valence-corrected chi connectivity index (χ3v) is 4.13. The number of hydrogen-bond acceptors (Lipinski definition) is 3. The third kappa shape index (κ3) is 3.19. The zero-order chi connectivity index (χ0) is 17.1. The van der Waals surface area contributed by atoms with Crippen LogP contribution >= 0.6 is 0 Å². The molecule has 3 aromatic carbocycles. The Hall–Kier alpha value is -3.27. The maximum Gasteiger partial charge on any atom is 0.168 e. The lowest BCUT2D eigenvalue weighted by atomic mass is 10.1. The molecule has 0 spiro atoms. The van der Waals surface area contributed by atoms with Crippen molar-refractivity contribution < 1.29 is 9.84 Å². The van der Waals surface area contributed by atoms with E-state index in [9.17, 15) is 5.11 Å². The number of rotatable bonds is 5. The quantitative estimate of drug-likeness (QED) is 0.564. The molecule has 0 unspecified atom stereocenters. The highest BCUT2D eigenvalue weighted by atomic mass is 16.5. The molecule has 0 saturated carbocycles. The summed E-state index contributed by atoms with van der Waals surface area (Å²) in [5.74, 6) is 1.20. The van der Waals surface area contributed by atoms with Gasteiger partial charge in [-0.15, -0.1) is 0 Å². The summed E-state index contributed by atoms with van der Waals surface area (Å²) in [6.45, 7) is 0.501. The Morgan fingerprint density at radius 3 is 2.52 bits per heavy atom. The van der Waals surface area contributed by atoms with Gasteiger partial charge >= 0.3 is 0 Å². The van der Waals surface area contributed by atoms with Gasteiger partial charge in [-0.25, -0.2) is 4.98 Å². The Balaban J connectivity index is 1.55. The lowest BCUT2D eigenvalue weighted by molar-refractivity contribution is 0.303. The lowest BCUT2D eigenvalue weighted by Gasteiger charge is -2.10.